The van der Waals surface area contributed by atoms with Crippen molar-refractivity contribution in [3.63, 3.8) is 0 Å². The van der Waals surface area contributed by atoms with Gasteiger partial charge >= 0.3 is 0 Å². The highest BCUT2D eigenvalue weighted by Crippen LogP contribution is 2.35. The number of imidazole rings is 1. The van der Waals surface area contributed by atoms with Crippen molar-refractivity contribution < 1.29 is 0 Å². The molecule has 1 heterocycles. The van der Waals surface area contributed by atoms with E-state index >= 15 is 0 Å². The maximum Gasteiger partial charge on any atom is 0.126 e. The predicted molar refractivity (Wildman–Crippen MR) is 88.2 cm³/mol. The first-order chi connectivity index (χ1) is 10.1. The number of nitrogens with zero attached hydrogens (tertiary/aromatic N) is 2. The molecule has 1 N–H and O–H groups in total. The van der Waals surface area contributed by atoms with Gasteiger partial charge in [0, 0.05) is 13.1 Å². The van der Waals surface area contributed by atoms with Gasteiger partial charge in [0.05, 0.1) is 17.1 Å². The zero-order valence-electron chi connectivity index (χ0n) is 13.6. The van der Waals surface area contributed by atoms with Crippen molar-refractivity contribution in [2.24, 2.45) is 18.9 Å². The van der Waals surface area contributed by atoms with E-state index in [1.807, 2.05) is 0 Å². The second-order valence-electron chi connectivity index (χ2n) is 6.62. The van der Waals surface area contributed by atoms with E-state index in [1.54, 1.807) is 0 Å². The first-order valence-corrected chi connectivity index (χ1v) is 8.29. The third-order valence-corrected chi connectivity index (χ3v) is 5.42. The van der Waals surface area contributed by atoms with Crippen LogP contribution in [0.5, 0.6) is 0 Å². The number of para-hydroxylation sites is 2. The van der Waals surface area contributed by atoms with Crippen LogP contribution in [0.1, 0.15) is 51.9 Å². The predicted octanol–water partition coefficient (Wildman–Crippen LogP) is 4.05. The summed E-state index contributed by atoms with van der Waals surface area (Å²) >= 11 is 0. The molecule has 1 aromatic carbocycles. The zero-order chi connectivity index (χ0) is 15.0. The van der Waals surface area contributed by atoms with E-state index in [-0.39, 0.29) is 0 Å². The van der Waals surface area contributed by atoms with Crippen molar-refractivity contribution in [3.05, 3.63) is 30.1 Å². The van der Waals surface area contributed by atoms with Gasteiger partial charge in [-0.2, -0.15) is 0 Å². The topological polar surface area (TPSA) is 29.9 Å². The molecule has 3 nitrogen and oxygen atoms in total. The molecule has 2 aromatic rings. The fourth-order valence-electron chi connectivity index (χ4n) is 4.01. The molecule has 4 atom stereocenters. The fourth-order valence-corrected chi connectivity index (χ4v) is 4.01. The van der Waals surface area contributed by atoms with Gasteiger partial charge in [-0.05, 0) is 43.7 Å². The van der Waals surface area contributed by atoms with Gasteiger partial charge in [0.25, 0.3) is 0 Å². The molecule has 0 radical (unpaired) electrons. The molecule has 0 amide bonds. The Hall–Kier alpha value is -1.35. The zero-order valence-corrected chi connectivity index (χ0v) is 13.6. The summed E-state index contributed by atoms with van der Waals surface area (Å²) in [5.74, 6) is 2.80. The molecule has 114 valence electrons. The minimum absolute atomic E-state index is 0.297. The van der Waals surface area contributed by atoms with E-state index in [0.717, 1.165) is 23.2 Å². The lowest BCUT2D eigenvalue weighted by Gasteiger charge is -2.24. The smallest absolute Gasteiger partial charge is 0.126 e. The van der Waals surface area contributed by atoms with Crippen LogP contribution >= 0.6 is 0 Å². The van der Waals surface area contributed by atoms with Crippen LogP contribution in [0.4, 0.5) is 0 Å². The molecule has 1 aromatic heterocycles. The number of aryl methyl sites for hydroxylation is 1. The van der Waals surface area contributed by atoms with Crippen molar-refractivity contribution in [1.82, 2.24) is 14.9 Å². The van der Waals surface area contributed by atoms with Gasteiger partial charge < -0.3 is 9.88 Å². The number of aromatic nitrogens is 2. The van der Waals surface area contributed by atoms with Crippen molar-refractivity contribution in [3.8, 4) is 0 Å². The van der Waals surface area contributed by atoms with Crippen molar-refractivity contribution in [2.45, 2.75) is 52.1 Å². The quantitative estimate of drug-likeness (QED) is 0.918. The molecule has 1 aliphatic carbocycles. The molecule has 0 spiro atoms. The van der Waals surface area contributed by atoms with Crippen LogP contribution in [0.15, 0.2) is 24.3 Å². The molecule has 1 saturated carbocycles. The largest absolute Gasteiger partial charge is 0.330 e. The van der Waals surface area contributed by atoms with E-state index < -0.39 is 0 Å². The lowest BCUT2D eigenvalue weighted by Crippen LogP contribution is -2.35. The van der Waals surface area contributed by atoms with Gasteiger partial charge in [-0.3, -0.25) is 0 Å². The van der Waals surface area contributed by atoms with Gasteiger partial charge in [0.1, 0.15) is 5.82 Å². The van der Waals surface area contributed by atoms with E-state index in [2.05, 4.69) is 62.0 Å². The van der Waals surface area contributed by atoms with Crippen LogP contribution < -0.4 is 5.32 Å². The summed E-state index contributed by atoms with van der Waals surface area (Å²) in [6, 6.07) is 9.30. The van der Waals surface area contributed by atoms with Gasteiger partial charge in [-0.15, -0.1) is 0 Å². The Balaban J connectivity index is 1.78. The van der Waals surface area contributed by atoms with E-state index in [9.17, 15) is 0 Å². The van der Waals surface area contributed by atoms with Gasteiger partial charge in [-0.25, -0.2) is 4.98 Å². The summed E-state index contributed by atoms with van der Waals surface area (Å²) in [6.45, 7) is 6.96. The SMILES string of the molecule is CCC1CCC(NC(C)c2nc3ccccc3n2C)C1C. The maximum atomic E-state index is 4.82. The minimum Gasteiger partial charge on any atom is -0.330 e. The molecule has 0 aliphatic heterocycles. The number of benzene rings is 1. The molecule has 1 fully saturated rings. The molecule has 1 aliphatic rings. The third-order valence-electron chi connectivity index (χ3n) is 5.42. The van der Waals surface area contributed by atoms with Gasteiger partial charge in [-0.1, -0.05) is 32.4 Å². The highest BCUT2D eigenvalue weighted by molar-refractivity contribution is 5.75. The Morgan fingerprint density at radius 2 is 2.10 bits per heavy atom. The lowest BCUT2D eigenvalue weighted by molar-refractivity contribution is 0.322. The lowest BCUT2D eigenvalue weighted by atomic mass is 9.93. The summed E-state index contributed by atoms with van der Waals surface area (Å²) < 4.78 is 2.23. The van der Waals surface area contributed by atoms with Crippen LogP contribution in [-0.4, -0.2) is 15.6 Å². The fraction of sp³-hybridized carbons (Fsp3) is 0.611. The molecular weight excluding hydrogens is 258 g/mol. The maximum absolute atomic E-state index is 4.82. The first-order valence-electron chi connectivity index (χ1n) is 8.29. The standard InChI is InChI=1S/C18H27N3/c1-5-14-10-11-15(12(14)2)19-13(3)18-20-16-8-6-7-9-17(16)21(18)4/h6-9,12-15,19H,5,10-11H2,1-4H3. The number of hydrogen-bond donors (Lipinski definition) is 1. The molecular formula is C18H27N3. The molecule has 0 saturated heterocycles. The summed E-state index contributed by atoms with van der Waals surface area (Å²) in [7, 11) is 2.12. The van der Waals surface area contributed by atoms with Crippen LogP contribution in [0.3, 0.4) is 0 Å². The normalized spacial score (nSPS) is 27.3. The molecule has 3 rings (SSSR count). The second-order valence-corrected chi connectivity index (χ2v) is 6.62. The van der Waals surface area contributed by atoms with Crippen molar-refractivity contribution in [2.75, 3.05) is 0 Å². The van der Waals surface area contributed by atoms with Gasteiger partial charge in [0.15, 0.2) is 0 Å². The monoisotopic (exact) mass is 285 g/mol. The summed E-state index contributed by atoms with van der Waals surface area (Å²) in [6.07, 6.45) is 3.97. The Morgan fingerprint density at radius 1 is 1.33 bits per heavy atom. The average Bonchev–Trinajstić information content (AvgIpc) is 3.01. The molecule has 3 heteroatoms. The van der Waals surface area contributed by atoms with Crippen LogP contribution in [0.25, 0.3) is 11.0 Å². The van der Waals surface area contributed by atoms with Crippen molar-refractivity contribution in [1.29, 1.82) is 0 Å². The molecule has 21 heavy (non-hydrogen) atoms. The Labute approximate surface area is 127 Å². The highest BCUT2D eigenvalue weighted by Gasteiger charge is 2.32. The number of rotatable bonds is 4. The van der Waals surface area contributed by atoms with Crippen molar-refractivity contribution >= 4 is 11.0 Å². The summed E-state index contributed by atoms with van der Waals surface area (Å²) in [5.41, 5.74) is 2.31. The number of hydrogen-bond acceptors (Lipinski definition) is 2. The molecule has 0 bridgehead atoms. The van der Waals surface area contributed by atoms with Crippen LogP contribution in [0, 0.1) is 11.8 Å². The summed E-state index contributed by atoms with van der Waals surface area (Å²) in [4.78, 5) is 4.82. The third kappa shape index (κ3) is 2.59. The molecule has 4 unspecified atom stereocenters. The number of nitrogens with one attached hydrogen (secondary N) is 1. The first kappa shape index (κ1) is 14.6. The average molecular weight is 285 g/mol. The minimum atomic E-state index is 0.297. The summed E-state index contributed by atoms with van der Waals surface area (Å²) in [5, 5.41) is 3.83. The van der Waals surface area contributed by atoms with Crippen LogP contribution in [-0.2, 0) is 7.05 Å². The van der Waals surface area contributed by atoms with E-state index in [4.69, 9.17) is 4.98 Å². The van der Waals surface area contributed by atoms with Crippen LogP contribution in [0.2, 0.25) is 0 Å². The highest BCUT2D eigenvalue weighted by atomic mass is 15.1. The Bertz CT molecular complexity index is 616. The van der Waals surface area contributed by atoms with E-state index in [1.165, 1.54) is 24.8 Å². The van der Waals surface area contributed by atoms with E-state index in [0.29, 0.717) is 12.1 Å². The number of fused-ring (bicyclic) bond motifs is 1. The van der Waals surface area contributed by atoms with Gasteiger partial charge in [0.2, 0.25) is 0 Å². The second kappa shape index (κ2) is 5.80. The Kier molecular flexibility index (Phi) is 4.03. The Morgan fingerprint density at radius 3 is 2.76 bits per heavy atom.